The van der Waals surface area contributed by atoms with Gasteiger partial charge in [-0.05, 0) is 39.1 Å². The van der Waals surface area contributed by atoms with Crippen LogP contribution in [0.5, 0.6) is 0 Å². The number of hydrogen-bond donors (Lipinski definition) is 1. The first kappa shape index (κ1) is 19.9. The van der Waals surface area contributed by atoms with Crippen LogP contribution in [0, 0.1) is 0 Å². The Morgan fingerprint density at radius 3 is 2.43 bits per heavy atom. The summed E-state index contributed by atoms with van der Waals surface area (Å²) >= 11 is 1.43. The molecule has 2 heterocycles. The summed E-state index contributed by atoms with van der Waals surface area (Å²) in [4.78, 5) is 17.0. The Morgan fingerprint density at radius 1 is 1.07 bits per heavy atom. The number of carbonyl (C=O) groups excluding carboxylic acids is 1. The summed E-state index contributed by atoms with van der Waals surface area (Å²) in [5, 5.41) is 16.5. The second-order valence-corrected chi connectivity index (χ2v) is 8.87. The van der Waals surface area contributed by atoms with Gasteiger partial charge in [0.15, 0.2) is 5.13 Å². The topological polar surface area (TPSA) is 85.6 Å². The van der Waals surface area contributed by atoms with E-state index < -0.39 is 0 Å². The van der Waals surface area contributed by atoms with Crippen LogP contribution in [-0.4, -0.2) is 31.1 Å². The van der Waals surface area contributed by atoms with Gasteiger partial charge in [-0.15, -0.1) is 16.4 Å². The third kappa shape index (κ3) is 4.60. The average Bonchev–Trinajstić information content (AvgIpc) is 3.40. The van der Waals surface area contributed by atoms with Crippen LogP contribution in [0.3, 0.4) is 0 Å². The van der Waals surface area contributed by atoms with Crippen LogP contribution in [0.1, 0.15) is 31.9 Å². The fraction of sp³-hybridized carbons (Fsp3) is 0.227. The normalized spacial score (nSPS) is 11.4. The fourth-order valence-corrected chi connectivity index (χ4v) is 3.74. The van der Waals surface area contributed by atoms with Crippen molar-refractivity contribution < 1.29 is 4.79 Å². The smallest absolute Gasteiger partial charge is 0.230 e. The van der Waals surface area contributed by atoms with E-state index in [1.54, 1.807) is 4.68 Å². The van der Waals surface area contributed by atoms with Crippen LogP contribution in [0.4, 0.5) is 5.13 Å². The van der Waals surface area contributed by atoms with E-state index in [9.17, 15) is 4.79 Å². The van der Waals surface area contributed by atoms with Gasteiger partial charge >= 0.3 is 0 Å². The quantitative estimate of drug-likeness (QED) is 0.523. The van der Waals surface area contributed by atoms with Crippen molar-refractivity contribution in [2.75, 3.05) is 5.32 Å². The molecule has 0 atom stereocenters. The molecule has 0 radical (unpaired) electrons. The van der Waals surface area contributed by atoms with E-state index in [-0.39, 0.29) is 17.7 Å². The predicted octanol–water partition coefficient (Wildman–Crippen LogP) is 4.26. The Kier molecular flexibility index (Phi) is 5.41. The summed E-state index contributed by atoms with van der Waals surface area (Å²) in [6.45, 7) is 6.58. The highest BCUT2D eigenvalue weighted by molar-refractivity contribution is 7.14. The number of anilines is 1. The maximum Gasteiger partial charge on any atom is 0.230 e. The molecule has 0 saturated carbocycles. The third-order valence-electron chi connectivity index (χ3n) is 4.71. The Bertz CT molecular complexity index is 1130. The molecule has 152 valence electrons. The third-order valence-corrected chi connectivity index (χ3v) is 5.47. The van der Waals surface area contributed by atoms with Crippen molar-refractivity contribution >= 4 is 22.4 Å². The Morgan fingerprint density at radius 2 is 1.80 bits per heavy atom. The SMILES string of the molecule is CC(C)(C)c1ccc(-c2csc(NC(=O)Cc3ccc(-n4cnnn4)cc3)n2)cc1. The lowest BCUT2D eigenvalue weighted by Gasteiger charge is -2.18. The van der Waals surface area contributed by atoms with Crippen molar-refractivity contribution in [2.24, 2.45) is 0 Å². The van der Waals surface area contributed by atoms with Crippen LogP contribution in [-0.2, 0) is 16.6 Å². The van der Waals surface area contributed by atoms with Crippen LogP contribution in [0.25, 0.3) is 16.9 Å². The van der Waals surface area contributed by atoms with E-state index in [0.717, 1.165) is 22.5 Å². The highest BCUT2D eigenvalue weighted by Gasteiger charge is 2.14. The van der Waals surface area contributed by atoms with Gasteiger partial charge < -0.3 is 5.32 Å². The van der Waals surface area contributed by atoms with Crippen molar-refractivity contribution in [1.29, 1.82) is 0 Å². The highest BCUT2D eigenvalue weighted by Crippen LogP contribution is 2.28. The Balaban J connectivity index is 1.38. The van der Waals surface area contributed by atoms with Crippen molar-refractivity contribution in [3.05, 3.63) is 71.4 Å². The molecule has 0 fully saturated rings. The molecule has 0 unspecified atom stereocenters. The number of tetrazole rings is 1. The van der Waals surface area contributed by atoms with E-state index in [0.29, 0.717) is 5.13 Å². The van der Waals surface area contributed by atoms with E-state index in [1.165, 1.54) is 23.2 Å². The van der Waals surface area contributed by atoms with E-state index in [1.807, 2.05) is 29.6 Å². The number of aromatic nitrogens is 5. The molecule has 2 aromatic heterocycles. The molecule has 8 heteroatoms. The molecule has 0 bridgehead atoms. The molecule has 0 spiro atoms. The predicted molar refractivity (Wildman–Crippen MR) is 118 cm³/mol. The number of benzene rings is 2. The number of nitrogens with zero attached hydrogens (tertiary/aromatic N) is 5. The molecular formula is C22H22N6OS. The van der Waals surface area contributed by atoms with Crippen LogP contribution >= 0.6 is 11.3 Å². The minimum absolute atomic E-state index is 0.103. The second-order valence-electron chi connectivity index (χ2n) is 8.01. The summed E-state index contributed by atoms with van der Waals surface area (Å²) in [6, 6.07) is 15.9. The lowest BCUT2D eigenvalue weighted by atomic mass is 9.86. The first-order valence-corrected chi connectivity index (χ1v) is 10.4. The molecule has 0 aliphatic carbocycles. The largest absolute Gasteiger partial charge is 0.302 e. The van der Waals surface area contributed by atoms with Gasteiger partial charge in [0.2, 0.25) is 5.91 Å². The monoisotopic (exact) mass is 418 g/mol. The molecule has 7 nitrogen and oxygen atoms in total. The fourth-order valence-electron chi connectivity index (χ4n) is 3.00. The van der Waals surface area contributed by atoms with Crippen LogP contribution in [0.2, 0.25) is 0 Å². The number of hydrogen-bond acceptors (Lipinski definition) is 6. The molecule has 4 rings (SSSR count). The summed E-state index contributed by atoms with van der Waals surface area (Å²) in [5.74, 6) is -0.103. The Labute approximate surface area is 178 Å². The van der Waals surface area contributed by atoms with Crippen LogP contribution < -0.4 is 5.32 Å². The minimum Gasteiger partial charge on any atom is -0.302 e. The maximum absolute atomic E-state index is 12.4. The zero-order chi connectivity index (χ0) is 21.1. The summed E-state index contributed by atoms with van der Waals surface area (Å²) in [6.07, 6.45) is 1.80. The number of thiazole rings is 1. The Hall–Kier alpha value is -3.39. The van der Waals surface area contributed by atoms with Gasteiger partial charge in [-0.25, -0.2) is 9.67 Å². The average molecular weight is 419 g/mol. The minimum atomic E-state index is -0.103. The standard InChI is InChI=1S/C22H22N6OS/c1-22(2,3)17-8-6-16(7-9-17)19-13-30-21(24-19)25-20(29)12-15-4-10-18(11-5-15)28-14-23-26-27-28/h4-11,13-14H,12H2,1-3H3,(H,24,25,29). The molecule has 0 aliphatic rings. The summed E-state index contributed by atoms with van der Waals surface area (Å²) in [5.41, 5.74) is 5.04. The van der Waals surface area contributed by atoms with Crippen molar-refractivity contribution in [1.82, 2.24) is 25.2 Å². The number of amides is 1. The van der Waals surface area contributed by atoms with Gasteiger partial charge in [0.05, 0.1) is 17.8 Å². The number of rotatable bonds is 5. The summed E-state index contributed by atoms with van der Waals surface area (Å²) in [7, 11) is 0. The molecule has 4 aromatic rings. The maximum atomic E-state index is 12.4. The molecule has 1 amide bonds. The second kappa shape index (κ2) is 8.16. The van der Waals surface area contributed by atoms with E-state index in [4.69, 9.17) is 0 Å². The lowest BCUT2D eigenvalue weighted by molar-refractivity contribution is -0.115. The van der Waals surface area contributed by atoms with Gasteiger partial charge in [-0.1, -0.05) is 57.2 Å². The van der Waals surface area contributed by atoms with E-state index >= 15 is 0 Å². The summed E-state index contributed by atoms with van der Waals surface area (Å²) < 4.78 is 1.56. The van der Waals surface area contributed by atoms with Crippen molar-refractivity contribution in [2.45, 2.75) is 32.6 Å². The van der Waals surface area contributed by atoms with Gasteiger partial charge in [0.1, 0.15) is 6.33 Å². The first-order chi connectivity index (χ1) is 14.4. The zero-order valence-electron chi connectivity index (χ0n) is 17.0. The molecule has 0 saturated heterocycles. The molecular weight excluding hydrogens is 396 g/mol. The molecule has 2 aromatic carbocycles. The van der Waals surface area contributed by atoms with Gasteiger partial charge in [-0.2, -0.15) is 0 Å². The molecule has 1 N–H and O–H groups in total. The van der Waals surface area contributed by atoms with Crippen LogP contribution in [0.15, 0.2) is 60.2 Å². The van der Waals surface area contributed by atoms with Gasteiger partial charge in [0.25, 0.3) is 0 Å². The van der Waals surface area contributed by atoms with Gasteiger partial charge in [0, 0.05) is 10.9 Å². The lowest BCUT2D eigenvalue weighted by Crippen LogP contribution is -2.14. The molecule has 30 heavy (non-hydrogen) atoms. The zero-order valence-corrected chi connectivity index (χ0v) is 17.8. The number of nitrogens with one attached hydrogen (secondary N) is 1. The van der Waals surface area contributed by atoms with Crippen molar-refractivity contribution in [3.8, 4) is 16.9 Å². The first-order valence-electron chi connectivity index (χ1n) is 9.57. The highest BCUT2D eigenvalue weighted by atomic mass is 32.1. The number of carbonyl (C=O) groups is 1. The van der Waals surface area contributed by atoms with Crippen molar-refractivity contribution in [3.63, 3.8) is 0 Å². The molecule has 0 aliphatic heterocycles. The van der Waals surface area contributed by atoms with E-state index in [2.05, 4.69) is 70.9 Å². The van der Waals surface area contributed by atoms with Gasteiger partial charge in [-0.3, -0.25) is 4.79 Å².